The zero-order valence-electron chi connectivity index (χ0n) is 9.06. The smallest absolute Gasteiger partial charge is 0.175 e. The second kappa shape index (κ2) is 3.79. The Hall–Kier alpha value is -1.55. The molecule has 0 bridgehead atoms. The predicted octanol–water partition coefficient (Wildman–Crippen LogP) is 1.42. The third kappa shape index (κ3) is 1.55. The quantitative estimate of drug-likeness (QED) is 0.713. The molecule has 4 heteroatoms. The monoisotopic (exact) mass is 218 g/mol. The van der Waals surface area contributed by atoms with Crippen molar-refractivity contribution in [2.24, 2.45) is 0 Å². The Bertz CT molecular complexity index is 419. The summed E-state index contributed by atoms with van der Waals surface area (Å²) >= 11 is 0. The molecule has 0 spiro atoms. The van der Waals surface area contributed by atoms with E-state index >= 15 is 0 Å². The van der Waals surface area contributed by atoms with Gasteiger partial charge in [0.25, 0.3) is 0 Å². The van der Waals surface area contributed by atoms with Gasteiger partial charge in [-0.25, -0.2) is 5.01 Å². The van der Waals surface area contributed by atoms with Gasteiger partial charge in [-0.1, -0.05) is 12.1 Å². The highest BCUT2D eigenvalue weighted by Crippen LogP contribution is 2.34. The fourth-order valence-electron chi connectivity index (χ4n) is 2.25. The molecule has 0 saturated carbocycles. The number of carbonyl (C=O) groups excluding carboxylic acids is 1. The lowest BCUT2D eigenvalue weighted by molar-refractivity contribution is -0.122. The number of nitrogens with zero attached hydrogens (tertiary/aromatic N) is 2. The lowest BCUT2D eigenvalue weighted by atomic mass is 10.1. The summed E-state index contributed by atoms with van der Waals surface area (Å²) in [5.74, 6) is 1.22. The lowest BCUT2D eigenvalue weighted by Crippen LogP contribution is -2.48. The van der Waals surface area contributed by atoms with E-state index in [1.165, 1.54) is 0 Å². The van der Waals surface area contributed by atoms with Gasteiger partial charge in [-0.2, -0.15) is 0 Å². The number of rotatable bonds is 1. The van der Waals surface area contributed by atoms with Crippen molar-refractivity contribution in [2.75, 3.05) is 24.8 Å². The van der Waals surface area contributed by atoms with Crippen molar-refractivity contribution in [3.8, 4) is 5.75 Å². The van der Waals surface area contributed by atoms with Crippen LogP contribution in [-0.2, 0) is 4.79 Å². The van der Waals surface area contributed by atoms with Gasteiger partial charge < -0.3 is 4.74 Å². The number of ether oxygens (including phenoxy) is 1. The van der Waals surface area contributed by atoms with E-state index < -0.39 is 0 Å². The van der Waals surface area contributed by atoms with Gasteiger partial charge in [0.05, 0.1) is 12.2 Å². The van der Waals surface area contributed by atoms with E-state index in [9.17, 15) is 4.79 Å². The number of hydrogen-bond donors (Lipinski definition) is 0. The lowest BCUT2D eigenvalue weighted by Gasteiger charge is -2.33. The van der Waals surface area contributed by atoms with E-state index in [-0.39, 0.29) is 0 Å². The average Bonchev–Trinajstić information content (AvgIpc) is 2.72. The molecule has 0 N–H and O–H groups in total. The standard InChI is InChI=1S/C12H14N2O2/c15-10-4-3-7-13(8-10)14-9-16-12-6-2-1-5-11(12)14/h1-2,5-6H,3-4,7-9H2. The van der Waals surface area contributed by atoms with E-state index in [0.29, 0.717) is 25.5 Å². The summed E-state index contributed by atoms with van der Waals surface area (Å²) in [6, 6.07) is 7.94. The first-order valence-electron chi connectivity index (χ1n) is 5.60. The molecule has 1 aromatic rings. The van der Waals surface area contributed by atoms with Crippen LogP contribution < -0.4 is 9.75 Å². The van der Waals surface area contributed by atoms with Crippen LogP contribution in [0.25, 0.3) is 0 Å². The molecule has 0 aromatic heterocycles. The summed E-state index contributed by atoms with van der Waals surface area (Å²) in [4.78, 5) is 11.4. The molecule has 0 aliphatic carbocycles. The van der Waals surface area contributed by atoms with Crippen LogP contribution in [0.1, 0.15) is 12.8 Å². The van der Waals surface area contributed by atoms with Gasteiger partial charge in [-0.05, 0) is 18.6 Å². The van der Waals surface area contributed by atoms with Crippen LogP contribution in [0.4, 0.5) is 5.69 Å². The molecular weight excluding hydrogens is 204 g/mol. The highest BCUT2D eigenvalue weighted by molar-refractivity contribution is 5.81. The Balaban J connectivity index is 1.84. The van der Waals surface area contributed by atoms with Gasteiger partial charge in [0.2, 0.25) is 0 Å². The first-order chi connectivity index (χ1) is 7.84. The third-order valence-corrected chi connectivity index (χ3v) is 3.06. The zero-order chi connectivity index (χ0) is 11.0. The number of anilines is 1. The maximum Gasteiger partial charge on any atom is 0.175 e. The minimum absolute atomic E-state index is 0.315. The minimum Gasteiger partial charge on any atom is -0.470 e. The molecule has 16 heavy (non-hydrogen) atoms. The molecule has 3 rings (SSSR count). The molecule has 1 aromatic carbocycles. The van der Waals surface area contributed by atoms with Crippen molar-refractivity contribution >= 4 is 11.5 Å². The molecule has 2 heterocycles. The second-order valence-electron chi connectivity index (χ2n) is 4.17. The molecule has 4 nitrogen and oxygen atoms in total. The molecule has 0 radical (unpaired) electrons. The van der Waals surface area contributed by atoms with Gasteiger partial charge in [-0.15, -0.1) is 0 Å². The number of fused-ring (bicyclic) bond motifs is 1. The van der Waals surface area contributed by atoms with Gasteiger partial charge in [0.1, 0.15) is 11.5 Å². The van der Waals surface area contributed by atoms with Crippen molar-refractivity contribution in [1.29, 1.82) is 0 Å². The van der Waals surface area contributed by atoms with Crippen LogP contribution in [0.5, 0.6) is 5.75 Å². The number of hydrogen-bond acceptors (Lipinski definition) is 4. The second-order valence-corrected chi connectivity index (χ2v) is 4.17. The molecule has 2 aliphatic heterocycles. The van der Waals surface area contributed by atoms with Crippen LogP contribution >= 0.6 is 0 Å². The third-order valence-electron chi connectivity index (χ3n) is 3.06. The van der Waals surface area contributed by atoms with Gasteiger partial charge in [-0.3, -0.25) is 9.80 Å². The van der Waals surface area contributed by atoms with Crippen molar-refractivity contribution in [1.82, 2.24) is 5.01 Å². The number of ketones is 1. The van der Waals surface area contributed by atoms with E-state index in [4.69, 9.17) is 4.74 Å². The average molecular weight is 218 g/mol. The molecule has 84 valence electrons. The van der Waals surface area contributed by atoms with Crippen molar-refractivity contribution in [3.63, 3.8) is 0 Å². The maximum absolute atomic E-state index is 11.4. The number of hydrazine groups is 1. The van der Waals surface area contributed by atoms with Crippen molar-refractivity contribution < 1.29 is 9.53 Å². The van der Waals surface area contributed by atoms with Crippen LogP contribution in [0.15, 0.2) is 24.3 Å². The predicted molar refractivity (Wildman–Crippen MR) is 60.2 cm³/mol. The highest BCUT2D eigenvalue weighted by Gasteiger charge is 2.28. The number of carbonyl (C=O) groups is 1. The van der Waals surface area contributed by atoms with E-state index in [1.807, 2.05) is 24.3 Å². The largest absolute Gasteiger partial charge is 0.470 e. The minimum atomic E-state index is 0.315. The molecular formula is C12H14N2O2. The summed E-state index contributed by atoms with van der Waals surface area (Å²) in [7, 11) is 0. The Morgan fingerprint density at radius 3 is 3.00 bits per heavy atom. The van der Waals surface area contributed by atoms with Gasteiger partial charge in [0, 0.05) is 13.0 Å². The van der Waals surface area contributed by atoms with E-state index in [2.05, 4.69) is 10.0 Å². The summed E-state index contributed by atoms with van der Waals surface area (Å²) < 4.78 is 5.57. The Labute approximate surface area is 94.4 Å². The van der Waals surface area contributed by atoms with Gasteiger partial charge in [0.15, 0.2) is 6.73 Å². The Morgan fingerprint density at radius 1 is 1.25 bits per heavy atom. The topological polar surface area (TPSA) is 32.8 Å². The number of para-hydroxylation sites is 2. The van der Waals surface area contributed by atoms with E-state index in [0.717, 1.165) is 24.4 Å². The first kappa shape index (κ1) is 9.66. The fraction of sp³-hybridized carbons (Fsp3) is 0.417. The first-order valence-corrected chi connectivity index (χ1v) is 5.60. The van der Waals surface area contributed by atoms with Crippen LogP contribution in [0, 0.1) is 0 Å². The number of piperidine rings is 1. The van der Waals surface area contributed by atoms with Crippen LogP contribution in [-0.4, -0.2) is 30.6 Å². The van der Waals surface area contributed by atoms with Crippen LogP contribution in [0.2, 0.25) is 0 Å². The zero-order valence-corrected chi connectivity index (χ0v) is 9.06. The summed E-state index contributed by atoms with van der Waals surface area (Å²) in [5, 5.41) is 4.14. The van der Waals surface area contributed by atoms with Gasteiger partial charge >= 0.3 is 0 Å². The molecule has 0 unspecified atom stereocenters. The molecule has 1 saturated heterocycles. The summed E-state index contributed by atoms with van der Waals surface area (Å²) in [6.07, 6.45) is 1.66. The number of benzene rings is 1. The van der Waals surface area contributed by atoms with E-state index in [1.54, 1.807) is 0 Å². The molecule has 0 atom stereocenters. The molecule has 2 aliphatic rings. The normalized spacial score (nSPS) is 20.8. The maximum atomic E-state index is 11.4. The molecule has 1 fully saturated rings. The number of Topliss-reactive ketones (excluding diaryl/α,β-unsaturated/α-hetero) is 1. The Morgan fingerprint density at radius 2 is 2.12 bits per heavy atom. The SMILES string of the molecule is O=C1CCCN(N2COc3ccccc32)C1. The summed E-state index contributed by atoms with van der Waals surface area (Å²) in [6.45, 7) is 1.97. The molecule has 0 amide bonds. The Kier molecular flexibility index (Phi) is 2.29. The van der Waals surface area contributed by atoms with Crippen molar-refractivity contribution in [2.45, 2.75) is 12.8 Å². The highest BCUT2D eigenvalue weighted by atomic mass is 16.5. The summed E-state index contributed by atoms with van der Waals surface area (Å²) in [5.41, 5.74) is 1.07. The van der Waals surface area contributed by atoms with Crippen LogP contribution in [0.3, 0.4) is 0 Å². The van der Waals surface area contributed by atoms with Crippen molar-refractivity contribution in [3.05, 3.63) is 24.3 Å². The fourth-order valence-corrected chi connectivity index (χ4v) is 2.25.